The lowest BCUT2D eigenvalue weighted by atomic mass is 10.1. The molecule has 1 saturated heterocycles. The second-order valence-corrected chi connectivity index (χ2v) is 6.75. The van der Waals surface area contributed by atoms with Crippen molar-refractivity contribution < 1.29 is 8.42 Å². The van der Waals surface area contributed by atoms with Crippen molar-refractivity contribution in [1.29, 1.82) is 0 Å². The molecular formula is C12H13BrN2O2S. The number of fused-ring (bicyclic) bond motifs is 1. The summed E-state index contributed by atoms with van der Waals surface area (Å²) >= 11 is 3.49. The summed E-state index contributed by atoms with van der Waals surface area (Å²) in [7, 11) is -3.49. The van der Waals surface area contributed by atoms with Crippen LogP contribution in [-0.4, -0.2) is 37.1 Å². The first-order valence-electron chi connectivity index (χ1n) is 5.90. The first kappa shape index (κ1) is 12.2. The lowest BCUT2D eigenvalue weighted by molar-refractivity contribution is 0.423. The highest BCUT2D eigenvalue weighted by Gasteiger charge is 2.35. The third kappa shape index (κ3) is 1.78. The van der Waals surface area contributed by atoms with E-state index in [0.717, 1.165) is 30.3 Å². The lowest BCUT2D eigenvalue weighted by Gasteiger charge is -2.24. The molecule has 0 bridgehead atoms. The van der Waals surface area contributed by atoms with Gasteiger partial charge in [0.2, 0.25) is 0 Å². The Morgan fingerprint density at radius 1 is 1.39 bits per heavy atom. The van der Waals surface area contributed by atoms with E-state index in [-0.39, 0.29) is 0 Å². The van der Waals surface area contributed by atoms with Gasteiger partial charge < -0.3 is 4.90 Å². The monoisotopic (exact) mass is 328 g/mol. The SMILES string of the molecule is O=S1(=O)N=C(N2CCCC2CBr)c2ccccc21. The zero-order valence-corrected chi connectivity index (χ0v) is 12.1. The summed E-state index contributed by atoms with van der Waals surface area (Å²) in [5.41, 5.74) is 0.741. The van der Waals surface area contributed by atoms with Crippen LogP contribution < -0.4 is 0 Å². The van der Waals surface area contributed by atoms with Gasteiger partial charge in [-0.1, -0.05) is 28.1 Å². The Balaban J connectivity index is 2.09. The highest BCUT2D eigenvalue weighted by molar-refractivity contribution is 9.09. The number of hydrogen-bond donors (Lipinski definition) is 0. The summed E-state index contributed by atoms with van der Waals surface area (Å²) in [5.74, 6) is 0.618. The number of likely N-dealkylation sites (tertiary alicyclic amines) is 1. The van der Waals surface area contributed by atoms with Gasteiger partial charge in [-0.25, -0.2) is 0 Å². The number of halogens is 1. The summed E-state index contributed by atoms with van der Waals surface area (Å²) in [5, 5.41) is 0.842. The molecule has 18 heavy (non-hydrogen) atoms. The summed E-state index contributed by atoms with van der Waals surface area (Å²) < 4.78 is 27.9. The van der Waals surface area contributed by atoms with Gasteiger partial charge in [-0.15, -0.1) is 4.40 Å². The molecule has 1 aromatic rings. The number of nitrogens with zero attached hydrogens (tertiary/aromatic N) is 2. The molecule has 1 aromatic carbocycles. The molecule has 0 aliphatic carbocycles. The second-order valence-electron chi connectivity index (χ2n) is 4.53. The van der Waals surface area contributed by atoms with E-state index in [1.54, 1.807) is 12.1 Å². The molecule has 96 valence electrons. The average Bonchev–Trinajstić information content (AvgIpc) is 2.92. The number of amidine groups is 1. The number of benzene rings is 1. The molecule has 0 aromatic heterocycles. The Labute approximate surface area is 115 Å². The molecule has 0 spiro atoms. The molecule has 0 saturated carbocycles. The van der Waals surface area contributed by atoms with E-state index in [9.17, 15) is 8.42 Å². The lowest BCUT2D eigenvalue weighted by Crippen LogP contribution is -2.36. The van der Waals surface area contributed by atoms with E-state index in [2.05, 4.69) is 25.2 Å². The van der Waals surface area contributed by atoms with Gasteiger partial charge in [-0.3, -0.25) is 0 Å². The van der Waals surface area contributed by atoms with E-state index >= 15 is 0 Å². The summed E-state index contributed by atoms with van der Waals surface area (Å²) in [6, 6.07) is 7.39. The predicted molar refractivity (Wildman–Crippen MR) is 73.7 cm³/mol. The maximum atomic E-state index is 12.0. The van der Waals surface area contributed by atoms with Crippen LogP contribution in [0.5, 0.6) is 0 Å². The largest absolute Gasteiger partial charge is 0.352 e. The van der Waals surface area contributed by atoms with Crippen molar-refractivity contribution in [2.75, 3.05) is 11.9 Å². The number of hydrogen-bond acceptors (Lipinski definition) is 3. The van der Waals surface area contributed by atoms with Crippen LogP contribution in [0.4, 0.5) is 0 Å². The third-order valence-electron chi connectivity index (χ3n) is 3.44. The van der Waals surface area contributed by atoms with Crippen LogP contribution in [0.15, 0.2) is 33.6 Å². The van der Waals surface area contributed by atoms with Crippen molar-refractivity contribution in [2.45, 2.75) is 23.8 Å². The topological polar surface area (TPSA) is 49.7 Å². The van der Waals surface area contributed by atoms with Crippen molar-refractivity contribution in [1.82, 2.24) is 4.90 Å². The minimum atomic E-state index is -3.49. The molecule has 0 amide bonds. The maximum Gasteiger partial charge on any atom is 0.285 e. The summed E-state index contributed by atoms with van der Waals surface area (Å²) in [4.78, 5) is 2.44. The van der Waals surface area contributed by atoms with Crippen LogP contribution in [0.1, 0.15) is 18.4 Å². The molecule has 1 atom stereocenters. The molecule has 0 N–H and O–H groups in total. The van der Waals surface area contributed by atoms with Crippen LogP contribution in [-0.2, 0) is 10.0 Å². The highest BCUT2D eigenvalue weighted by atomic mass is 79.9. The zero-order chi connectivity index (χ0) is 12.8. The molecule has 2 aliphatic rings. The van der Waals surface area contributed by atoms with E-state index in [1.807, 2.05) is 12.1 Å². The molecule has 2 aliphatic heterocycles. The number of rotatable bonds is 1. The molecule has 2 heterocycles. The standard InChI is InChI=1S/C12H13BrN2O2S/c13-8-9-4-3-7-15(9)12-10-5-1-2-6-11(10)18(16,17)14-12/h1-2,5-6,9H,3-4,7-8H2. The van der Waals surface area contributed by atoms with Crippen molar-refractivity contribution in [3.8, 4) is 0 Å². The van der Waals surface area contributed by atoms with Crippen molar-refractivity contribution >= 4 is 31.8 Å². The van der Waals surface area contributed by atoms with Gasteiger partial charge in [0.25, 0.3) is 10.0 Å². The maximum absolute atomic E-state index is 12.0. The Morgan fingerprint density at radius 3 is 2.94 bits per heavy atom. The molecule has 1 fully saturated rings. The van der Waals surface area contributed by atoms with Gasteiger partial charge in [-0.2, -0.15) is 8.42 Å². The number of sulfonamides is 1. The van der Waals surface area contributed by atoms with Crippen LogP contribution in [0.25, 0.3) is 0 Å². The van der Waals surface area contributed by atoms with Crippen LogP contribution in [0, 0.1) is 0 Å². The Kier molecular flexibility index (Phi) is 2.94. The van der Waals surface area contributed by atoms with E-state index in [0.29, 0.717) is 16.8 Å². The first-order chi connectivity index (χ1) is 8.63. The second kappa shape index (κ2) is 4.35. The number of alkyl halides is 1. The third-order valence-corrected chi connectivity index (χ3v) is 5.51. The molecular weight excluding hydrogens is 316 g/mol. The van der Waals surface area contributed by atoms with E-state index < -0.39 is 10.0 Å². The Hall–Kier alpha value is -0.880. The smallest absolute Gasteiger partial charge is 0.285 e. The van der Waals surface area contributed by atoms with E-state index in [1.165, 1.54) is 0 Å². The average molecular weight is 329 g/mol. The van der Waals surface area contributed by atoms with Gasteiger partial charge in [0, 0.05) is 23.5 Å². The normalized spacial score (nSPS) is 25.1. The molecule has 3 rings (SSSR count). The van der Waals surface area contributed by atoms with Crippen LogP contribution >= 0.6 is 15.9 Å². The highest BCUT2D eigenvalue weighted by Crippen LogP contribution is 2.31. The fraction of sp³-hybridized carbons (Fsp3) is 0.417. The molecule has 1 unspecified atom stereocenters. The van der Waals surface area contributed by atoms with Crippen LogP contribution in [0.2, 0.25) is 0 Å². The Morgan fingerprint density at radius 2 is 2.17 bits per heavy atom. The van der Waals surface area contributed by atoms with Gasteiger partial charge >= 0.3 is 0 Å². The molecule has 6 heteroatoms. The van der Waals surface area contributed by atoms with Crippen molar-refractivity contribution in [3.05, 3.63) is 29.8 Å². The summed E-state index contributed by atoms with van der Waals surface area (Å²) in [6.45, 7) is 0.874. The Bertz CT molecular complexity index is 612. The van der Waals surface area contributed by atoms with Gasteiger partial charge in [0.1, 0.15) is 4.90 Å². The zero-order valence-electron chi connectivity index (χ0n) is 9.71. The predicted octanol–water partition coefficient (Wildman–Crippen LogP) is 1.99. The van der Waals surface area contributed by atoms with Crippen molar-refractivity contribution in [2.24, 2.45) is 4.40 Å². The van der Waals surface area contributed by atoms with Gasteiger partial charge in [0.05, 0.1) is 0 Å². The van der Waals surface area contributed by atoms with Crippen molar-refractivity contribution in [3.63, 3.8) is 0 Å². The van der Waals surface area contributed by atoms with E-state index in [4.69, 9.17) is 0 Å². The fourth-order valence-corrected chi connectivity index (χ4v) is 4.46. The molecule has 0 radical (unpaired) electrons. The summed E-state index contributed by atoms with van der Waals surface area (Å²) in [6.07, 6.45) is 2.16. The molecule has 4 nitrogen and oxygen atoms in total. The first-order valence-corrected chi connectivity index (χ1v) is 8.46. The van der Waals surface area contributed by atoms with Crippen LogP contribution in [0.3, 0.4) is 0 Å². The van der Waals surface area contributed by atoms with Gasteiger partial charge in [-0.05, 0) is 25.0 Å². The minimum Gasteiger partial charge on any atom is -0.352 e. The van der Waals surface area contributed by atoms with Gasteiger partial charge in [0.15, 0.2) is 5.84 Å². The quantitative estimate of drug-likeness (QED) is 0.741. The minimum absolute atomic E-state index is 0.334. The fourth-order valence-electron chi connectivity index (χ4n) is 2.57.